The van der Waals surface area contributed by atoms with Gasteiger partial charge in [0.05, 0.1) is 17.7 Å². The molecule has 0 spiro atoms. The number of rotatable bonds is 12. The van der Waals surface area contributed by atoms with Crippen molar-refractivity contribution in [3.8, 4) is 5.75 Å². The normalized spacial score (nSPS) is 11.5. The third-order valence-electron chi connectivity index (χ3n) is 5.39. The number of fused-ring (bicyclic) bond motifs is 1. The van der Waals surface area contributed by atoms with E-state index in [0.29, 0.717) is 24.8 Å². The van der Waals surface area contributed by atoms with Crippen LogP contribution in [-0.4, -0.2) is 53.8 Å². The van der Waals surface area contributed by atoms with Gasteiger partial charge in [0, 0.05) is 23.2 Å². The minimum absolute atomic E-state index is 0.0726. The Morgan fingerprint density at radius 1 is 1.06 bits per heavy atom. The molecule has 3 rings (SSSR count). The number of carbonyl (C=O) groups excluding carboxylic acids is 1. The third kappa shape index (κ3) is 6.95. The second kappa shape index (κ2) is 12.4. The summed E-state index contributed by atoms with van der Waals surface area (Å²) in [5, 5.41) is 1.27. The first-order valence-corrected chi connectivity index (χ1v) is 13.4. The van der Waals surface area contributed by atoms with Gasteiger partial charge in [0.25, 0.3) is 0 Å². The molecule has 33 heavy (non-hydrogen) atoms. The molecule has 7 heteroatoms. The number of para-hydroxylation sites is 1. The van der Waals surface area contributed by atoms with Gasteiger partial charge in [0.15, 0.2) is 5.13 Å². The summed E-state index contributed by atoms with van der Waals surface area (Å²) in [4.78, 5) is 23.8. The Balaban J connectivity index is 1.85. The fourth-order valence-corrected chi connectivity index (χ4v) is 5.50. The molecular formula is C26H35N3O2S2. The molecule has 0 radical (unpaired) electrons. The number of hydrogen-bond donors (Lipinski definition) is 0. The number of ether oxygens (including phenoxy) is 1. The van der Waals surface area contributed by atoms with E-state index in [0.717, 1.165) is 46.3 Å². The van der Waals surface area contributed by atoms with Gasteiger partial charge in [-0.05, 0) is 49.8 Å². The van der Waals surface area contributed by atoms with Crippen LogP contribution in [-0.2, 0) is 11.2 Å². The molecule has 1 amide bonds. The molecule has 3 aromatic rings. The van der Waals surface area contributed by atoms with Crippen LogP contribution in [0.15, 0.2) is 47.4 Å². The molecule has 0 fully saturated rings. The SMILES string of the molecule is CCOc1cccc2sc(N(CCN(CC)CC)C(=O)Cc3ccc(SC(C)C)cc3)nc12. The smallest absolute Gasteiger partial charge is 0.233 e. The summed E-state index contributed by atoms with van der Waals surface area (Å²) in [6, 6.07) is 14.3. The molecule has 0 saturated heterocycles. The lowest BCUT2D eigenvalue weighted by Gasteiger charge is -2.24. The molecule has 178 valence electrons. The van der Waals surface area contributed by atoms with Gasteiger partial charge in [0.2, 0.25) is 5.91 Å². The molecule has 0 unspecified atom stereocenters. The van der Waals surface area contributed by atoms with Crippen molar-refractivity contribution in [2.24, 2.45) is 0 Å². The van der Waals surface area contributed by atoms with Crippen LogP contribution < -0.4 is 9.64 Å². The van der Waals surface area contributed by atoms with Crippen LogP contribution in [0.1, 0.15) is 40.2 Å². The van der Waals surface area contributed by atoms with Crippen molar-refractivity contribution in [2.75, 3.05) is 37.7 Å². The van der Waals surface area contributed by atoms with Crippen LogP contribution in [0.25, 0.3) is 10.2 Å². The zero-order valence-electron chi connectivity index (χ0n) is 20.3. The molecule has 0 saturated carbocycles. The molecule has 1 heterocycles. The Hall–Kier alpha value is -2.09. The summed E-state index contributed by atoms with van der Waals surface area (Å²) < 4.78 is 6.80. The molecule has 0 N–H and O–H groups in total. The van der Waals surface area contributed by atoms with E-state index in [1.165, 1.54) is 4.90 Å². The number of benzene rings is 2. The van der Waals surface area contributed by atoms with E-state index < -0.39 is 0 Å². The van der Waals surface area contributed by atoms with Crippen molar-refractivity contribution in [1.82, 2.24) is 9.88 Å². The van der Waals surface area contributed by atoms with Crippen molar-refractivity contribution in [2.45, 2.75) is 51.2 Å². The quantitative estimate of drug-likeness (QED) is 0.290. The van der Waals surface area contributed by atoms with Gasteiger partial charge >= 0.3 is 0 Å². The highest BCUT2D eigenvalue weighted by Crippen LogP contribution is 2.34. The average molecular weight is 486 g/mol. The maximum absolute atomic E-state index is 13.5. The minimum Gasteiger partial charge on any atom is -0.492 e. The van der Waals surface area contributed by atoms with Crippen molar-refractivity contribution in [3.05, 3.63) is 48.0 Å². The van der Waals surface area contributed by atoms with Crippen molar-refractivity contribution >= 4 is 44.4 Å². The summed E-state index contributed by atoms with van der Waals surface area (Å²) in [7, 11) is 0. The van der Waals surface area contributed by atoms with Gasteiger partial charge in [-0.15, -0.1) is 11.8 Å². The summed E-state index contributed by atoms with van der Waals surface area (Å²) >= 11 is 3.38. The topological polar surface area (TPSA) is 45.7 Å². The monoisotopic (exact) mass is 485 g/mol. The standard InChI is InChI=1S/C26H35N3O2S2/c1-6-28(7-2)16-17-29(24(30)18-20-12-14-21(15-13-20)32-19(4)5)26-27-25-22(31-8-3)10-9-11-23(25)33-26/h9-15,19H,6-8,16-18H2,1-5H3. The molecule has 0 atom stereocenters. The van der Waals surface area contributed by atoms with Gasteiger partial charge in [-0.25, -0.2) is 4.98 Å². The van der Waals surface area contributed by atoms with Crippen LogP contribution in [0.2, 0.25) is 0 Å². The first-order valence-electron chi connectivity index (χ1n) is 11.8. The van der Waals surface area contributed by atoms with Crippen LogP contribution >= 0.6 is 23.1 Å². The van der Waals surface area contributed by atoms with E-state index in [1.54, 1.807) is 11.3 Å². The fourth-order valence-electron chi connectivity index (χ4n) is 3.64. The van der Waals surface area contributed by atoms with E-state index in [2.05, 4.69) is 56.9 Å². The predicted molar refractivity (Wildman–Crippen MR) is 142 cm³/mol. The molecule has 0 aliphatic carbocycles. The number of anilines is 1. The Kier molecular flexibility index (Phi) is 9.59. The van der Waals surface area contributed by atoms with Crippen LogP contribution in [0.5, 0.6) is 5.75 Å². The maximum Gasteiger partial charge on any atom is 0.233 e. The van der Waals surface area contributed by atoms with Crippen molar-refractivity contribution < 1.29 is 9.53 Å². The summed E-state index contributed by atoms with van der Waals surface area (Å²) in [5.41, 5.74) is 1.85. The zero-order chi connectivity index (χ0) is 23.8. The van der Waals surface area contributed by atoms with Crippen molar-refractivity contribution in [1.29, 1.82) is 0 Å². The summed E-state index contributed by atoms with van der Waals surface area (Å²) in [6.45, 7) is 14.6. The van der Waals surface area contributed by atoms with Crippen LogP contribution in [0.4, 0.5) is 5.13 Å². The number of hydrogen-bond acceptors (Lipinski definition) is 6. The molecule has 0 bridgehead atoms. The van der Waals surface area contributed by atoms with Gasteiger partial charge in [-0.2, -0.15) is 0 Å². The first-order chi connectivity index (χ1) is 15.9. The number of aromatic nitrogens is 1. The van der Waals surface area contributed by atoms with Gasteiger partial charge in [-0.1, -0.05) is 57.2 Å². The van der Waals surface area contributed by atoms with E-state index >= 15 is 0 Å². The number of amides is 1. The number of carbonyl (C=O) groups is 1. The highest BCUT2D eigenvalue weighted by molar-refractivity contribution is 7.99. The Labute approximate surface area is 206 Å². The number of thiazole rings is 1. The van der Waals surface area contributed by atoms with Gasteiger partial charge in [0.1, 0.15) is 11.3 Å². The largest absolute Gasteiger partial charge is 0.492 e. The van der Waals surface area contributed by atoms with E-state index in [9.17, 15) is 4.79 Å². The molecule has 2 aromatic carbocycles. The lowest BCUT2D eigenvalue weighted by atomic mass is 10.1. The lowest BCUT2D eigenvalue weighted by Crippen LogP contribution is -2.39. The Bertz CT molecular complexity index is 1030. The van der Waals surface area contributed by atoms with Gasteiger partial charge in [-0.3, -0.25) is 9.69 Å². The number of likely N-dealkylation sites (N-methyl/N-ethyl adjacent to an activating group) is 1. The number of thioether (sulfide) groups is 1. The summed E-state index contributed by atoms with van der Waals surface area (Å²) in [5.74, 6) is 0.843. The second-order valence-corrected chi connectivity index (χ2v) is 10.8. The van der Waals surface area contributed by atoms with Crippen LogP contribution in [0.3, 0.4) is 0 Å². The Morgan fingerprint density at radius 3 is 2.42 bits per heavy atom. The lowest BCUT2D eigenvalue weighted by molar-refractivity contribution is -0.118. The van der Waals surface area contributed by atoms with Crippen LogP contribution in [0, 0.1) is 0 Å². The average Bonchev–Trinajstić information content (AvgIpc) is 3.23. The third-order valence-corrected chi connectivity index (χ3v) is 7.45. The maximum atomic E-state index is 13.5. The molecule has 5 nitrogen and oxygen atoms in total. The number of nitrogens with zero attached hydrogens (tertiary/aromatic N) is 3. The van der Waals surface area contributed by atoms with Crippen molar-refractivity contribution in [3.63, 3.8) is 0 Å². The zero-order valence-corrected chi connectivity index (χ0v) is 22.0. The predicted octanol–water partition coefficient (Wildman–Crippen LogP) is 6.11. The minimum atomic E-state index is 0.0726. The Morgan fingerprint density at radius 2 is 1.79 bits per heavy atom. The molecule has 0 aliphatic rings. The van der Waals surface area contributed by atoms with E-state index in [1.807, 2.05) is 41.8 Å². The van der Waals surface area contributed by atoms with E-state index in [4.69, 9.17) is 9.72 Å². The fraction of sp³-hybridized carbons (Fsp3) is 0.462. The highest BCUT2D eigenvalue weighted by atomic mass is 32.2. The first kappa shape index (κ1) is 25.5. The molecule has 1 aromatic heterocycles. The highest BCUT2D eigenvalue weighted by Gasteiger charge is 2.22. The molecule has 0 aliphatic heterocycles. The van der Waals surface area contributed by atoms with E-state index in [-0.39, 0.29) is 5.91 Å². The second-order valence-electron chi connectivity index (χ2n) is 8.09. The van der Waals surface area contributed by atoms with Gasteiger partial charge < -0.3 is 9.64 Å². The summed E-state index contributed by atoms with van der Waals surface area (Å²) in [6.07, 6.45) is 0.360. The molecular weight excluding hydrogens is 450 g/mol.